The van der Waals surface area contributed by atoms with Crippen molar-refractivity contribution in [2.45, 2.75) is 6.04 Å². The van der Waals surface area contributed by atoms with Crippen molar-refractivity contribution in [2.75, 3.05) is 20.8 Å². The lowest BCUT2D eigenvalue weighted by molar-refractivity contribution is -0.142. The van der Waals surface area contributed by atoms with Gasteiger partial charge in [0.25, 0.3) is 0 Å². The van der Waals surface area contributed by atoms with E-state index in [1.54, 1.807) is 18.2 Å². The molecule has 1 atom stereocenters. The van der Waals surface area contributed by atoms with Crippen LogP contribution in [-0.4, -0.2) is 37.7 Å². The monoisotopic (exact) mass is 522 g/mol. The molecule has 7 nitrogen and oxygen atoms in total. The predicted octanol–water partition coefficient (Wildman–Crippen LogP) is 4.71. The van der Waals surface area contributed by atoms with E-state index in [2.05, 4.69) is 15.4 Å². The van der Waals surface area contributed by atoms with Crippen LogP contribution in [0.2, 0.25) is 5.02 Å². The van der Waals surface area contributed by atoms with E-state index in [9.17, 15) is 9.59 Å². The number of halogens is 1. The molecular formula is C27H23ClN2O5S. The first-order valence-electron chi connectivity index (χ1n) is 11.0. The average molecular weight is 523 g/mol. The standard InChI is InChI=1S/C27H23ClN2O5S/c1-33-20-13-18(19(28)14-21(20)35-15-22(31)34-2)25-23(26(32)17-11-7-4-8-12-17)24(29-27(36)30-25)16-9-5-3-6-10-16/h3-14,25H,15H2,1-2H3,(H2,29,30,36)/t25-/m0/s1. The Kier molecular flexibility index (Phi) is 7.87. The largest absolute Gasteiger partial charge is 0.493 e. The molecule has 0 bridgehead atoms. The van der Waals surface area contributed by atoms with Gasteiger partial charge in [0, 0.05) is 17.2 Å². The summed E-state index contributed by atoms with van der Waals surface area (Å²) in [5, 5.41) is 6.98. The molecule has 0 saturated carbocycles. The first-order valence-corrected chi connectivity index (χ1v) is 11.8. The number of nitrogens with one attached hydrogen (secondary N) is 2. The highest BCUT2D eigenvalue weighted by Gasteiger charge is 2.34. The molecule has 3 aromatic carbocycles. The summed E-state index contributed by atoms with van der Waals surface area (Å²) in [5.74, 6) is -0.148. The summed E-state index contributed by atoms with van der Waals surface area (Å²) < 4.78 is 15.7. The Morgan fingerprint density at radius 2 is 1.64 bits per heavy atom. The Morgan fingerprint density at radius 1 is 0.972 bits per heavy atom. The van der Waals surface area contributed by atoms with Crippen LogP contribution in [0, 0.1) is 0 Å². The quantitative estimate of drug-likeness (QED) is 0.250. The Hall–Kier alpha value is -3.88. The van der Waals surface area contributed by atoms with Crippen LogP contribution in [0.4, 0.5) is 0 Å². The normalized spacial score (nSPS) is 15.0. The summed E-state index contributed by atoms with van der Waals surface area (Å²) in [4.78, 5) is 25.4. The van der Waals surface area contributed by atoms with E-state index in [4.69, 9.17) is 33.3 Å². The van der Waals surface area contributed by atoms with Crippen LogP contribution >= 0.6 is 23.8 Å². The van der Waals surface area contributed by atoms with Gasteiger partial charge in [-0.25, -0.2) is 4.79 Å². The van der Waals surface area contributed by atoms with Gasteiger partial charge in [-0.15, -0.1) is 0 Å². The third-order valence-electron chi connectivity index (χ3n) is 5.58. The molecule has 9 heteroatoms. The minimum absolute atomic E-state index is 0.192. The summed E-state index contributed by atoms with van der Waals surface area (Å²) in [5.41, 5.74) is 2.89. The van der Waals surface area contributed by atoms with Crippen LogP contribution in [0.1, 0.15) is 27.5 Å². The number of benzene rings is 3. The maximum atomic E-state index is 13.9. The molecule has 0 unspecified atom stereocenters. The zero-order valence-electron chi connectivity index (χ0n) is 19.5. The van der Waals surface area contributed by atoms with Crippen LogP contribution in [0.15, 0.2) is 78.4 Å². The lowest BCUT2D eigenvalue weighted by Crippen LogP contribution is -2.45. The van der Waals surface area contributed by atoms with Crippen molar-refractivity contribution in [3.8, 4) is 11.5 Å². The van der Waals surface area contributed by atoms with Crippen molar-refractivity contribution in [3.05, 3.63) is 100 Å². The fourth-order valence-corrected chi connectivity index (χ4v) is 4.34. The van der Waals surface area contributed by atoms with Crippen molar-refractivity contribution >= 4 is 46.4 Å². The third kappa shape index (κ3) is 5.35. The van der Waals surface area contributed by atoms with Gasteiger partial charge in [0.2, 0.25) is 0 Å². The number of rotatable bonds is 8. The smallest absolute Gasteiger partial charge is 0.343 e. The zero-order chi connectivity index (χ0) is 25.7. The molecule has 3 aromatic rings. The Balaban J connectivity index is 1.87. The molecule has 0 fully saturated rings. The molecule has 0 radical (unpaired) electrons. The average Bonchev–Trinajstić information content (AvgIpc) is 2.91. The van der Waals surface area contributed by atoms with Crippen molar-refractivity contribution in [2.24, 2.45) is 0 Å². The van der Waals surface area contributed by atoms with Gasteiger partial charge in [-0.1, -0.05) is 72.3 Å². The number of Topliss-reactive ketones (excluding diaryl/α,β-unsaturated/α-hetero) is 1. The summed E-state index contributed by atoms with van der Waals surface area (Å²) in [6.45, 7) is -0.311. The number of methoxy groups -OCH3 is 2. The van der Waals surface area contributed by atoms with Gasteiger partial charge in [-0.3, -0.25) is 4.79 Å². The van der Waals surface area contributed by atoms with Gasteiger partial charge < -0.3 is 24.8 Å². The summed E-state index contributed by atoms with van der Waals surface area (Å²) >= 11 is 12.2. The molecule has 36 heavy (non-hydrogen) atoms. The van der Waals surface area contributed by atoms with Gasteiger partial charge in [0.1, 0.15) is 0 Å². The van der Waals surface area contributed by atoms with Gasteiger partial charge in [0.15, 0.2) is 29.0 Å². The number of ketones is 1. The molecule has 2 N–H and O–H groups in total. The second kappa shape index (κ2) is 11.2. The first-order chi connectivity index (χ1) is 17.4. The molecular weight excluding hydrogens is 500 g/mol. The van der Waals surface area contributed by atoms with E-state index >= 15 is 0 Å². The SMILES string of the molecule is COC(=O)COc1cc(Cl)c([C@@H]2NC(=S)NC(c3ccccc3)=C2C(=O)c2ccccc2)cc1OC. The molecule has 1 aliphatic heterocycles. The molecule has 0 spiro atoms. The summed E-state index contributed by atoms with van der Waals surface area (Å²) in [6, 6.07) is 21.0. The minimum atomic E-state index is -0.697. The van der Waals surface area contributed by atoms with Crippen molar-refractivity contribution in [1.29, 1.82) is 0 Å². The highest BCUT2D eigenvalue weighted by molar-refractivity contribution is 7.80. The highest BCUT2D eigenvalue weighted by Crippen LogP contribution is 2.41. The number of hydrogen-bond donors (Lipinski definition) is 2. The number of carbonyl (C=O) groups is 2. The fraction of sp³-hybridized carbons (Fsp3) is 0.148. The molecule has 0 aromatic heterocycles. The third-order valence-corrected chi connectivity index (χ3v) is 6.13. The van der Waals surface area contributed by atoms with Gasteiger partial charge >= 0.3 is 5.97 Å². The van der Waals surface area contributed by atoms with Crippen LogP contribution in [0.3, 0.4) is 0 Å². The zero-order valence-corrected chi connectivity index (χ0v) is 21.1. The predicted molar refractivity (Wildman–Crippen MR) is 141 cm³/mol. The molecule has 1 heterocycles. The Labute approximate surface area is 219 Å². The van der Waals surface area contributed by atoms with Crippen LogP contribution in [0.25, 0.3) is 5.70 Å². The van der Waals surface area contributed by atoms with Crippen molar-refractivity contribution < 1.29 is 23.8 Å². The highest BCUT2D eigenvalue weighted by atomic mass is 35.5. The van der Waals surface area contributed by atoms with E-state index in [0.717, 1.165) is 5.56 Å². The maximum absolute atomic E-state index is 13.9. The molecule has 4 rings (SSSR count). The second-order valence-corrected chi connectivity index (χ2v) is 8.59. The van der Waals surface area contributed by atoms with E-state index in [0.29, 0.717) is 38.3 Å². The number of hydrogen-bond acceptors (Lipinski definition) is 6. The van der Waals surface area contributed by atoms with Gasteiger partial charge in [-0.05, 0) is 23.8 Å². The molecule has 1 aliphatic rings. The molecule has 0 amide bonds. The first kappa shape index (κ1) is 25.2. The van der Waals surface area contributed by atoms with Gasteiger partial charge in [-0.2, -0.15) is 0 Å². The molecule has 184 valence electrons. The number of esters is 1. The van der Waals surface area contributed by atoms with Crippen LogP contribution in [-0.2, 0) is 9.53 Å². The fourth-order valence-electron chi connectivity index (χ4n) is 3.86. The number of carbonyl (C=O) groups excluding carboxylic acids is 2. The van der Waals surface area contributed by atoms with Crippen molar-refractivity contribution in [1.82, 2.24) is 10.6 Å². The summed E-state index contributed by atoms with van der Waals surface area (Å²) in [6.07, 6.45) is 0. The Bertz CT molecular complexity index is 1330. The van der Waals surface area contributed by atoms with E-state index in [-0.39, 0.29) is 18.1 Å². The molecule has 0 saturated heterocycles. The number of thiocarbonyl (C=S) groups is 1. The topological polar surface area (TPSA) is 85.9 Å². The van der Waals surface area contributed by atoms with E-state index in [1.165, 1.54) is 20.3 Å². The second-order valence-electron chi connectivity index (χ2n) is 7.77. The summed E-state index contributed by atoms with van der Waals surface area (Å²) in [7, 11) is 2.74. The van der Waals surface area contributed by atoms with Gasteiger partial charge in [0.05, 0.1) is 36.6 Å². The lowest BCUT2D eigenvalue weighted by atomic mass is 9.87. The lowest BCUT2D eigenvalue weighted by Gasteiger charge is -2.32. The Morgan fingerprint density at radius 3 is 2.28 bits per heavy atom. The van der Waals surface area contributed by atoms with Crippen LogP contribution < -0.4 is 20.1 Å². The number of ether oxygens (including phenoxy) is 3. The maximum Gasteiger partial charge on any atom is 0.343 e. The van der Waals surface area contributed by atoms with Crippen LogP contribution in [0.5, 0.6) is 11.5 Å². The van der Waals surface area contributed by atoms with E-state index < -0.39 is 12.0 Å². The van der Waals surface area contributed by atoms with Crippen molar-refractivity contribution in [3.63, 3.8) is 0 Å². The van der Waals surface area contributed by atoms with E-state index in [1.807, 2.05) is 48.5 Å². The molecule has 0 aliphatic carbocycles. The minimum Gasteiger partial charge on any atom is -0.493 e.